The van der Waals surface area contributed by atoms with Gasteiger partial charge in [-0.3, -0.25) is 4.57 Å². The topological polar surface area (TPSA) is 80.3 Å². The number of oxazole rings is 1. The molecule has 3 rings (SSSR count). The Morgan fingerprint density at radius 3 is 3.22 bits per heavy atom. The lowest BCUT2D eigenvalue weighted by Crippen LogP contribution is -2.33. The summed E-state index contributed by atoms with van der Waals surface area (Å²) in [5, 5.41) is 13.1. The predicted octanol–water partition coefficient (Wildman–Crippen LogP) is 0.102. The van der Waals surface area contributed by atoms with Crippen molar-refractivity contribution in [1.29, 1.82) is 0 Å². The molecule has 0 spiro atoms. The van der Waals surface area contributed by atoms with Crippen LogP contribution in [0, 0.1) is 0 Å². The van der Waals surface area contributed by atoms with Crippen LogP contribution >= 0.6 is 0 Å². The quantitative estimate of drug-likeness (QED) is 0.785. The minimum Gasteiger partial charge on any atom is -0.406 e. The molecule has 6 nitrogen and oxygen atoms in total. The third kappa shape index (κ3) is 2.30. The van der Waals surface area contributed by atoms with E-state index in [-0.39, 0.29) is 6.54 Å². The molecule has 0 aliphatic heterocycles. The highest BCUT2D eigenvalue weighted by Gasteiger charge is 2.22. The molecule has 1 fully saturated rings. The maximum Gasteiger partial charge on any atom is 0.421 e. The van der Waals surface area contributed by atoms with Gasteiger partial charge in [0.15, 0.2) is 11.2 Å². The van der Waals surface area contributed by atoms with Gasteiger partial charge in [-0.15, -0.1) is 0 Å². The van der Waals surface area contributed by atoms with E-state index in [4.69, 9.17) is 4.42 Å². The zero-order chi connectivity index (χ0) is 12.5. The van der Waals surface area contributed by atoms with Crippen LogP contribution in [0.3, 0.4) is 0 Å². The van der Waals surface area contributed by atoms with Crippen molar-refractivity contribution < 1.29 is 9.52 Å². The van der Waals surface area contributed by atoms with Gasteiger partial charge in [0, 0.05) is 18.8 Å². The number of nitrogens with zero attached hydrogens (tertiary/aromatic N) is 2. The highest BCUT2D eigenvalue weighted by atomic mass is 16.4. The van der Waals surface area contributed by atoms with E-state index in [1.54, 1.807) is 18.3 Å². The third-order valence-corrected chi connectivity index (χ3v) is 3.04. The fraction of sp³-hybridized carbons (Fsp3) is 0.500. The molecule has 2 N–H and O–H groups in total. The second kappa shape index (κ2) is 4.55. The van der Waals surface area contributed by atoms with Crippen LogP contribution in [-0.4, -0.2) is 33.3 Å². The van der Waals surface area contributed by atoms with E-state index in [0.29, 0.717) is 23.8 Å². The highest BCUT2D eigenvalue weighted by molar-refractivity contribution is 5.67. The molecule has 0 aromatic carbocycles. The largest absolute Gasteiger partial charge is 0.421 e. The lowest BCUT2D eigenvalue weighted by Gasteiger charge is -2.11. The number of hydrogen-bond donors (Lipinski definition) is 2. The van der Waals surface area contributed by atoms with Gasteiger partial charge in [0.1, 0.15) is 0 Å². The Bertz CT molecular complexity index is 600. The third-order valence-electron chi connectivity index (χ3n) is 3.04. The lowest BCUT2D eigenvalue weighted by molar-refractivity contribution is 0.149. The van der Waals surface area contributed by atoms with Crippen LogP contribution in [0.5, 0.6) is 0 Å². The summed E-state index contributed by atoms with van der Waals surface area (Å²) in [7, 11) is 0. The van der Waals surface area contributed by atoms with Crippen LogP contribution in [0.2, 0.25) is 0 Å². The van der Waals surface area contributed by atoms with Crippen molar-refractivity contribution in [2.75, 3.05) is 6.54 Å². The van der Waals surface area contributed by atoms with Crippen LogP contribution in [0.4, 0.5) is 0 Å². The maximum atomic E-state index is 11.6. The number of pyridine rings is 1. The molecule has 0 radical (unpaired) electrons. The van der Waals surface area contributed by atoms with E-state index >= 15 is 0 Å². The number of rotatable bonds is 5. The van der Waals surface area contributed by atoms with Crippen molar-refractivity contribution in [3.8, 4) is 0 Å². The Morgan fingerprint density at radius 2 is 2.44 bits per heavy atom. The van der Waals surface area contributed by atoms with E-state index in [2.05, 4.69) is 10.3 Å². The highest BCUT2D eigenvalue weighted by Crippen LogP contribution is 2.18. The van der Waals surface area contributed by atoms with Crippen LogP contribution in [-0.2, 0) is 6.54 Å². The first-order valence-electron chi connectivity index (χ1n) is 6.10. The van der Waals surface area contributed by atoms with Gasteiger partial charge in [0.2, 0.25) is 0 Å². The van der Waals surface area contributed by atoms with E-state index < -0.39 is 11.9 Å². The summed E-state index contributed by atoms with van der Waals surface area (Å²) in [6.45, 7) is 0.680. The molecule has 1 unspecified atom stereocenters. The molecule has 0 saturated heterocycles. The van der Waals surface area contributed by atoms with Gasteiger partial charge in [0.25, 0.3) is 0 Å². The average molecular weight is 249 g/mol. The smallest absolute Gasteiger partial charge is 0.406 e. The molecule has 1 aliphatic carbocycles. The number of nitrogens with one attached hydrogen (secondary N) is 1. The van der Waals surface area contributed by atoms with Gasteiger partial charge >= 0.3 is 5.76 Å². The standard InChI is InChI=1S/C12H15N3O3/c16-9(6-14-8-3-4-8)7-15-11-10(18-12(15)17)2-1-5-13-11/h1-2,5,8-9,14,16H,3-4,6-7H2. The molecule has 0 bridgehead atoms. The molecule has 1 saturated carbocycles. The van der Waals surface area contributed by atoms with E-state index in [9.17, 15) is 9.90 Å². The Hall–Kier alpha value is -1.66. The molecule has 6 heteroatoms. The van der Waals surface area contributed by atoms with Crippen molar-refractivity contribution in [1.82, 2.24) is 14.9 Å². The fourth-order valence-electron chi connectivity index (χ4n) is 1.93. The summed E-state index contributed by atoms with van der Waals surface area (Å²) < 4.78 is 6.42. The van der Waals surface area contributed by atoms with E-state index in [1.807, 2.05) is 0 Å². The van der Waals surface area contributed by atoms with Crippen LogP contribution < -0.4 is 11.1 Å². The zero-order valence-electron chi connectivity index (χ0n) is 9.87. The summed E-state index contributed by atoms with van der Waals surface area (Å²) in [6, 6.07) is 3.94. The van der Waals surface area contributed by atoms with E-state index in [1.165, 1.54) is 17.4 Å². The number of aromatic nitrogens is 2. The molecule has 2 aromatic rings. The molecule has 1 aliphatic rings. The summed E-state index contributed by atoms with van der Waals surface area (Å²) in [4.78, 5) is 15.7. The number of aliphatic hydroxyl groups is 1. The summed E-state index contributed by atoms with van der Waals surface area (Å²) in [5.74, 6) is -0.478. The van der Waals surface area contributed by atoms with Crippen molar-refractivity contribution >= 4 is 11.2 Å². The van der Waals surface area contributed by atoms with Gasteiger partial charge in [-0.2, -0.15) is 0 Å². The normalized spacial score (nSPS) is 17.2. The number of fused-ring (bicyclic) bond motifs is 1. The first-order valence-corrected chi connectivity index (χ1v) is 6.10. The molecule has 2 heterocycles. The average Bonchev–Trinajstić information content (AvgIpc) is 3.14. The van der Waals surface area contributed by atoms with Crippen LogP contribution in [0.1, 0.15) is 12.8 Å². The van der Waals surface area contributed by atoms with Crippen molar-refractivity contribution in [3.05, 3.63) is 28.9 Å². The first kappa shape index (κ1) is 11.4. The van der Waals surface area contributed by atoms with Crippen molar-refractivity contribution in [3.63, 3.8) is 0 Å². The Morgan fingerprint density at radius 1 is 1.61 bits per heavy atom. The summed E-state index contributed by atoms with van der Waals surface area (Å²) in [5.41, 5.74) is 0.929. The van der Waals surface area contributed by atoms with Gasteiger partial charge in [-0.1, -0.05) is 0 Å². The zero-order valence-corrected chi connectivity index (χ0v) is 9.87. The molecule has 1 atom stereocenters. The summed E-state index contributed by atoms with van der Waals surface area (Å²) in [6.07, 6.45) is 3.32. The number of hydrogen-bond acceptors (Lipinski definition) is 5. The van der Waals surface area contributed by atoms with Crippen LogP contribution in [0.15, 0.2) is 27.5 Å². The first-order chi connectivity index (χ1) is 8.74. The Kier molecular flexibility index (Phi) is 2.89. The summed E-state index contributed by atoms with van der Waals surface area (Å²) >= 11 is 0. The molecule has 2 aromatic heterocycles. The monoisotopic (exact) mass is 249 g/mol. The van der Waals surface area contributed by atoms with Crippen LogP contribution in [0.25, 0.3) is 11.2 Å². The Labute approximate surface area is 103 Å². The van der Waals surface area contributed by atoms with Gasteiger partial charge in [-0.25, -0.2) is 9.78 Å². The van der Waals surface area contributed by atoms with Crippen molar-refractivity contribution in [2.24, 2.45) is 0 Å². The minimum atomic E-state index is -0.619. The number of aliphatic hydroxyl groups excluding tert-OH is 1. The van der Waals surface area contributed by atoms with E-state index in [0.717, 1.165) is 0 Å². The van der Waals surface area contributed by atoms with Gasteiger partial charge < -0.3 is 14.8 Å². The Balaban J connectivity index is 1.76. The fourth-order valence-corrected chi connectivity index (χ4v) is 1.93. The molecular weight excluding hydrogens is 234 g/mol. The minimum absolute atomic E-state index is 0.197. The van der Waals surface area contributed by atoms with Gasteiger partial charge in [0.05, 0.1) is 12.6 Å². The van der Waals surface area contributed by atoms with Crippen molar-refractivity contribution in [2.45, 2.75) is 31.5 Å². The molecular formula is C12H15N3O3. The lowest BCUT2D eigenvalue weighted by atomic mass is 10.3. The molecule has 0 amide bonds. The second-order valence-corrected chi connectivity index (χ2v) is 4.64. The second-order valence-electron chi connectivity index (χ2n) is 4.64. The molecule has 96 valence electrons. The van der Waals surface area contributed by atoms with Gasteiger partial charge in [-0.05, 0) is 25.0 Å². The molecule has 18 heavy (non-hydrogen) atoms. The predicted molar refractivity (Wildman–Crippen MR) is 65.3 cm³/mol. The maximum absolute atomic E-state index is 11.6. The SMILES string of the molecule is O=c1oc2cccnc2n1CC(O)CNC1CC1.